The van der Waals surface area contributed by atoms with E-state index in [1.165, 1.54) is 12.1 Å². The third kappa shape index (κ3) is 3.31. The first kappa shape index (κ1) is 14.0. The van der Waals surface area contributed by atoms with Gasteiger partial charge in [-0.1, -0.05) is 13.8 Å². The van der Waals surface area contributed by atoms with Crippen molar-refractivity contribution in [2.24, 2.45) is 5.92 Å². The molecule has 4 nitrogen and oxygen atoms in total. The second-order valence-corrected chi connectivity index (χ2v) is 5.76. The standard InChI is InChI=1S/C15H25N3O/c1-12(2)6-4-8-16-15(19)18-11-10-17-9-5-7-14(17)13(18)3/h5,7,9,12-13H,4,6,8,10-11H2,1-3H3,(H,16,19). The lowest BCUT2D eigenvalue weighted by molar-refractivity contribution is 0.162. The molecular formula is C15H25N3O. The van der Waals surface area contributed by atoms with Gasteiger partial charge in [-0.05, 0) is 37.8 Å². The van der Waals surface area contributed by atoms with Crippen molar-refractivity contribution in [3.8, 4) is 0 Å². The van der Waals surface area contributed by atoms with Crippen LogP contribution in [-0.2, 0) is 6.54 Å². The zero-order valence-electron chi connectivity index (χ0n) is 12.2. The van der Waals surface area contributed by atoms with Crippen molar-refractivity contribution in [1.82, 2.24) is 14.8 Å². The van der Waals surface area contributed by atoms with Crippen molar-refractivity contribution in [3.05, 3.63) is 24.0 Å². The lowest BCUT2D eigenvalue weighted by atomic mass is 10.1. The molecule has 0 saturated carbocycles. The van der Waals surface area contributed by atoms with Crippen molar-refractivity contribution in [3.63, 3.8) is 0 Å². The smallest absolute Gasteiger partial charge is 0.318 e. The molecule has 0 aliphatic carbocycles. The van der Waals surface area contributed by atoms with E-state index in [0.717, 1.165) is 26.1 Å². The number of fused-ring (bicyclic) bond motifs is 1. The largest absolute Gasteiger partial charge is 0.348 e. The first-order valence-corrected chi connectivity index (χ1v) is 7.29. The van der Waals surface area contributed by atoms with Crippen molar-refractivity contribution >= 4 is 6.03 Å². The second-order valence-electron chi connectivity index (χ2n) is 5.76. The highest BCUT2D eigenvalue weighted by Crippen LogP contribution is 2.24. The predicted molar refractivity (Wildman–Crippen MR) is 77.0 cm³/mol. The Labute approximate surface area is 115 Å². The van der Waals surface area contributed by atoms with E-state index >= 15 is 0 Å². The topological polar surface area (TPSA) is 37.3 Å². The Kier molecular flexibility index (Phi) is 4.51. The average molecular weight is 263 g/mol. The molecule has 1 N–H and O–H groups in total. The molecule has 1 aromatic rings. The van der Waals surface area contributed by atoms with E-state index in [2.05, 4.69) is 49.0 Å². The minimum Gasteiger partial charge on any atom is -0.348 e. The number of amides is 2. The minimum atomic E-state index is 0.0729. The van der Waals surface area contributed by atoms with E-state index in [9.17, 15) is 4.79 Å². The van der Waals surface area contributed by atoms with E-state index in [0.29, 0.717) is 5.92 Å². The average Bonchev–Trinajstić information content (AvgIpc) is 2.83. The quantitative estimate of drug-likeness (QED) is 0.833. The van der Waals surface area contributed by atoms with Crippen LogP contribution in [-0.4, -0.2) is 28.6 Å². The summed E-state index contributed by atoms with van der Waals surface area (Å²) >= 11 is 0. The summed E-state index contributed by atoms with van der Waals surface area (Å²) in [6.45, 7) is 8.98. The van der Waals surface area contributed by atoms with Gasteiger partial charge >= 0.3 is 6.03 Å². The van der Waals surface area contributed by atoms with Crippen LogP contribution >= 0.6 is 0 Å². The summed E-state index contributed by atoms with van der Waals surface area (Å²) in [6.07, 6.45) is 4.31. The number of hydrogen-bond donors (Lipinski definition) is 1. The van der Waals surface area contributed by atoms with E-state index in [1.807, 2.05) is 4.90 Å². The number of hydrogen-bond acceptors (Lipinski definition) is 1. The summed E-state index contributed by atoms with van der Waals surface area (Å²) in [7, 11) is 0. The summed E-state index contributed by atoms with van der Waals surface area (Å²) in [5, 5.41) is 3.04. The zero-order valence-corrected chi connectivity index (χ0v) is 12.2. The Bertz CT molecular complexity index is 425. The van der Waals surface area contributed by atoms with Gasteiger partial charge in [0.05, 0.1) is 6.04 Å². The molecule has 0 saturated heterocycles. The number of nitrogens with zero attached hydrogens (tertiary/aromatic N) is 2. The predicted octanol–water partition coefficient (Wildman–Crippen LogP) is 3.01. The first-order chi connectivity index (χ1) is 9.09. The summed E-state index contributed by atoms with van der Waals surface area (Å²) < 4.78 is 2.23. The summed E-state index contributed by atoms with van der Waals surface area (Å²) in [5.74, 6) is 0.703. The highest BCUT2D eigenvalue weighted by molar-refractivity contribution is 5.74. The van der Waals surface area contributed by atoms with Gasteiger partial charge in [-0.2, -0.15) is 0 Å². The fourth-order valence-electron chi connectivity index (χ4n) is 2.66. The molecule has 0 spiro atoms. The molecule has 4 heteroatoms. The Hall–Kier alpha value is -1.45. The molecule has 0 bridgehead atoms. The first-order valence-electron chi connectivity index (χ1n) is 7.29. The number of nitrogens with one attached hydrogen (secondary N) is 1. The number of aromatic nitrogens is 1. The molecule has 0 radical (unpaired) electrons. The maximum Gasteiger partial charge on any atom is 0.318 e. The third-order valence-electron chi connectivity index (χ3n) is 3.84. The molecule has 2 rings (SSSR count). The number of urea groups is 1. The molecule has 19 heavy (non-hydrogen) atoms. The SMILES string of the molecule is CC(C)CCCNC(=O)N1CCn2cccc2C1C. The van der Waals surface area contributed by atoms with Gasteiger partial charge in [0.2, 0.25) is 0 Å². The second kappa shape index (κ2) is 6.13. The molecule has 1 atom stereocenters. The molecule has 2 heterocycles. The molecule has 1 aliphatic rings. The fraction of sp³-hybridized carbons (Fsp3) is 0.667. The summed E-state index contributed by atoms with van der Waals surface area (Å²) in [4.78, 5) is 14.1. The maximum absolute atomic E-state index is 12.2. The summed E-state index contributed by atoms with van der Waals surface area (Å²) in [5.41, 5.74) is 1.23. The lowest BCUT2D eigenvalue weighted by Crippen LogP contribution is -2.46. The Morgan fingerprint density at radius 3 is 3.00 bits per heavy atom. The van der Waals surface area contributed by atoms with E-state index in [4.69, 9.17) is 0 Å². The van der Waals surface area contributed by atoms with Crippen molar-refractivity contribution in [2.75, 3.05) is 13.1 Å². The van der Waals surface area contributed by atoms with E-state index in [1.54, 1.807) is 0 Å². The van der Waals surface area contributed by atoms with Gasteiger partial charge in [0.15, 0.2) is 0 Å². The van der Waals surface area contributed by atoms with Gasteiger partial charge in [-0.25, -0.2) is 4.79 Å². The molecule has 1 aromatic heterocycles. The van der Waals surface area contributed by atoms with E-state index in [-0.39, 0.29) is 12.1 Å². The lowest BCUT2D eigenvalue weighted by Gasteiger charge is -2.34. The molecule has 1 aliphatic heterocycles. The Morgan fingerprint density at radius 2 is 2.26 bits per heavy atom. The van der Waals surface area contributed by atoms with Crippen LogP contribution in [0.4, 0.5) is 4.79 Å². The van der Waals surface area contributed by atoms with Crippen molar-refractivity contribution < 1.29 is 4.79 Å². The number of carbonyl (C=O) groups excluding carboxylic acids is 1. The highest BCUT2D eigenvalue weighted by atomic mass is 16.2. The maximum atomic E-state index is 12.2. The van der Waals surface area contributed by atoms with Crippen LogP contribution < -0.4 is 5.32 Å². The zero-order chi connectivity index (χ0) is 13.8. The van der Waals surface area contributed by atoms with Gasteiger partial charge in [0.1, 0.15) is 0 Å². The monoisotopic (exact) mass is 263 g/mol. The van der Waals surface area contributed by atoms with Crippen LogP contribution in [0.15, 0.2) is 18.3 Å². The highest BCUT2D eigenvalue weighted by Gasteiger charge is 2.26. The number of rotatable bonds is 4. The molecule has 0 aromatic carbocycles. The van der Waals surface area contributed by atoms with Gasteiger partial charge in [-0.15, -0.1) is 0 Å². The van der Waals surface area contributed by atoms with Gasteiger partial charge in [0, 0.05) is 31.5 Å². The van der Waals surface area contributed by atoms with Crippen LogP contribution in [0.25, 0.3) is 0 Å². The van der Waals surface area contributed by atoms with Crippen LogP contribution in [0, 0.1) is 5.92 Å². The fourth-order valence-corrected chi connectivity index (χ4v) is 2.66. The van der Waals surface area contributed by atoms with Crippen LogP contribution in [0.2, 0.25) is 0 Å². The van der Waals surface area contributed by atoms with Crippen LogP contribution in [0.3, 0.4) is 0 Å². The normalized spacial score (nSPS) is 18.5. The molecule has 106 valence electrons. The minimum absolute atomic E-state index is 0.0729. The van der Waals surface area contributed by atoms with Crippen molar-refractivity contribution in [2.45, 2.75) is 46.2 Å². The third-order valence-corrected chi connectivity index (χ3v) is 3.84. The van der Waals surface area contributed by atoms with Crippen molar-refractivity contribution in [1.29, 1.82) is 0 Å². The van der Waals surface area contributed by atoms with Gasteiger partial charge in [0.25, 0.3) is 0 Å². The summed E-state index contributed by atoms with van der Waals surface area (Å²) in [6, 6.07) is 4.39. The molecular weight excluding hydrogens is 238 g/mol. The Balaban J connectivity index is 1.84. The molecule has 2 amide bonds. The van der Waals surface area contributed by atoms with Gasteiger partial charge in [-0.3, -0.25) is 0 Å². The van der Waals surface area contributed by atoms with E-state index < -0.39 is 0 Å². The van der Waals surface area contributed by atoms with Crippen LogP contribution in [0.5, 0.6) is 0 Å². The van der Waals surface area contributed by atoms with Crippen LogP contribution in [0.1, 0.15) is 45.3 Å². The number of carbonyl (C=O) groups is 1. The molecule has 1 unspecified atom stereocenters. The van der Waals surface area contributed by atoms with Gasteiger partial charge < -0.3 is 14.8 Å². The molecule has 0 fully saturated rings. The Morgan fingerprint density at radius 1 is 1.47 bits per heavy atom.